The van der Waals surface area contributed by atoms with Crippen molar-refractivity contribution in [3.8, 4) is 0 Å². The minimum absolute atomic E-state index is 0.326. The van der Waals surface area contributed by atoms with Gasteiger partial charge in [0, 0.05) is 6.20 Å². The van der Waals surface area contributed by atoms with E-state index >= 15 is 0 Å². The molecular weight excluding hydrogens is 180 g/mol. The van der Waals surface area contributed by atoms with Gasteiger partial charge in [0.2, 0.25) is 0 Å². The molecular formula is C10H10N2O2. The number of hydrogen-bond donors (Lipinski definition) is 0. The molecule has 72 valence electrons. The van der Waals surface area contributed by atoms with Gasteiger partial charge < -0.3 is 4.74 Å². The summed E-state index contributed by atoms with van der Waals surface area (Å²) in [5.41, 5.74) is 2.51. The van der Waals surface area contributed by atoms with E-state index in [1.807, 2.05) is 6.92 Å². The maximum absolute atomic E-state index is 11.2. The Morgan fingerprint density at radius 3 is 3.07 bits per heavy atom. The lowest BCUT2D eigenvalue weighted by Gasteiger charge is -1.99. The number of hydrogen-bond acceptors (Lipinski definition) is 3. The van der Waals surface area contributed by atoms with Gasteiger partial charge in [-0.05, 0) is 24.6 Å². The molecule has 0 bridgehead atoms. The van der Waals surface area contributed by atoms with Crippen LogP contribution < -0.4 is 0 Å². The fourth-order valence-corrected chi connectivity index (χ4v) is 1.35. The van der Waals surface area contributed by atoms with Crippen LogP contribution in [0, 0.1) is 6.92 Å². The maximum Gasteiger partial charge on any atom is 0.337 e. The Bertz CT molecular complexity index is 488. The van der Waals surface area contributed by atoms with Gasteiger partial charge in [0.25, 0.3) is 0 Å². The van der Waals surface area contributed by atoms with Crippen molar-refractivity contribution in [1.29, 1.82) is 0 Å². The van der Waals surface area contributed by atoms with E-state index in [1.54, 1.807) is 29.0 Å². The van der Waals surface area contributed by atoms with Crippen LogP contribution in [0.25, 0.3) is 5.52 Å². The maximum atomic E-state index is 11.2. The van der Waals surface area contributed by atoms with Gasteiger partial charge in [0.15, 0.2) is 0 Å². The van der Waals surface area contributed by atoms with Crippen LogP contribution in [0.3, 0.4) is 0 Å². The zero-order valence-corrected chi connectivity index (χ0v) is 8.02. The summed E-state index contributed by atoms with van der Waals surface area (Å²) < 4.78 is 6.36. The fourth-order valence-electron chi connectivity index (χ4n) is 1.35. The molecule has 2 aromatic rings. The highest BCUT2D eigenvalue weighted by Gasteiger charge is 2.07. The van der Waals surface area contributed by atoms with E-state index in [0.717, 1.165) is 11.1 Å². The van der Waals surface area contributed by atoms with Crippen molar-refractivity contribution < 1.29 is 9.53 Å². The van der Waals surface area contributed by atoms with Crippen molar-refractivity contribution in [3.63, 3.8) is 0 Å². The van der Waals surface area contributed by atoms with Crippen molar-refractivity contribution in [2.45, 2.75) is 6.92 Å². The third-order valence-electron chi connectivity index (χ3n) is 2.14. The monoisotopic (exact) mass is 190 g/mol. The Morgan fingerprint density at radius 2 is 2.36 bits per heavy atom. The van der Waals surface area contributed by atoms with E-state index in [0.29, 0.717) is 5.56 Å². The van der Waals surface area contributed by atoms with Crippen molar-refractivity contribution in [2.24, 2.45) is 0 Å². The Kier molecular flexibility index (Phi) is 1.96. The molecule has 0 saturated carbocycles. The number of pyridine rings is 1. The molecule has 14 heavy (non-hydrogen) atoms. The SMILES string of the molecule is COC(=O)c1ccn2ncc(C)c2c1. The summed E-state index contributed by atoms with van der Waals surface area (Å²) in [6.45, 7) is 1.95. The number of nitrogens with zero attached hydrogens (tertiary/aromatic N) is 2. The molecule has 2 rings (SSSR count). The molecule has 0 saturated heterocycles. The largest absolute Gasteiger partial charge is 0.465 e. The van der Waals surface area contributed by atoms with Crippen molar-refractivity contribution >= 4 is 11.5 Å². The predicted molar refractivity (Wildman–Crippen MR) is 51.3 cm³/mol. The zero-order valence-electron chi connectivity index (χ0n) is 8.02. The number of esters is 1. The topological polar surface area (TPSA) is 43.6 Å². The Hall–Kier alpha value is -1.84. The van der Waals surface area contributed by atoms with Crippen molar-refractivity contribution in [1.82, 2.24) is 9.61 Å². The van der Waals surface area contributed by atoms with E-state index < -0.39 is 0 Å². The number of aryl methyl sites for hydroxylation is 1. The molecule has 2 heterocycles. The first kappa shape index (κ1) is 8.74. The molecule has 0 amide bonds. The van der Waals surface area contributed by atoms with Gasteiger partial charge in [0.05, 0.1) is 24.4 Å². The quantitative estimate of drug-likeness (QED) is 0.639. The number of ether oxygens (including phenoxy) is 1. The predicted octanol–water partition coefficient (Wildman–Crippen LogP) is 1.43. The Balaban J connectivity index is 2.60. The highest BCUT2D eigenvalue weighted by Crippen LogP contribution is 2.11. The van der Waals surface area contributed by atoms with Crippen LogP contribution in [0.15, 0.2) is 24.5 Å². The standard InChI is InChI=1S/C10H10N2O2/c1-7-6-11-12-4-3-8(5-9(7)12)10(13)14-2/h3-6H,1-2H3. The minimum atomic E-state index is -0.326. The number of rotatable bonds is 1. The lowest BCUT2D eigenvalue weighted by atomic mass is 10.2. The van der Waals surface area contributed by atoms with Crippen LogP contribution in [0.2, 0.25) is 0 Å². The average Bonchev–Trinajstić information content (AvgIpc) is 2.59. The number of carbonyl (C=O) groups excluding carboxylic acids is 1. The molecule has 0 N–H and O–H groups in total. The molecule has 0 aliphatic carbocycles. The first-order valence-electron chi connectivity index (χ1n) is 4.24. The summed E-state index contributed by atoms with van der Waals surface area (Å²) in [5.74, 6) is -0.326. The van der Waals surface area contributed by atoms with Crippen molar-refractivity contribution in [3.05, 3.63) is 35.7 Å². The van der Waals surface area contributed by atoms with Crippen molar-refractivity contribution in [2.75, 3.05) is 7.11 Å². The zero-order chi connectivity index (χ0) is 10.1. The normalized spacial score (nSPS) is 10.4. The highest BCUT2D eigenvalue weighted by molar-refractivity contribution is 5.90. The average molecular weight is 190 g/mol. The van der Waals surface area contributed by atoms with E-state index in [-0.39, 0.29) is 5.97 Å². The number of aromatic nitrogens is 2. The lowest BCUT2D eigenvalue weighted by Crippen LogP contribution is -2.02. The summed E-state index contributed by atoms with van der Waals surface area (Å²) >= 11 is 0. The molecule has 2 aromatic heterocycles. The molecule has 0 aliphatic rings. The van der Waals surface area contributed by atoms with Crippen LogP contribution >= 0.6 is 0 Å². The van der Waals surface area contributed by atoms with Crippen LogP contribution in [0.5, 0.6) is 0 Å². The summed E-state index contributed by atoms with van der Waals surface area (Å²) in [5, 5.41) is 4.11. The van der Waals surface area contributed by atoms with Crippen LogP contribution in [0.4, 0.5) is 0 Å². The third kappa shape index (κ3) is 1.25. The summed E-state index contributed by atoms with van der Waals surface area (Å²) in [7, 11) is 1.37. The lowest BCUT2D eigenvalue weighted by molar-refractivity contribution is 0.0600. The van der Waals surface area contributed by atoms with Gasteiger partial charge in [0.1, 0.15) is 0 Å². The molecule has 0 fully saturated rings. The van der Waals surface area contributed by atoms with Gasteiger partial charge in [-0.1, -0.05) is 0 Å². The molecule has 0 unspecified atom stereocenters. The second-order valence-corrected chi connectivity index (χ2v) is 3.06. The first-order chi connectivity index (χ1) is 6.72. The summed E-state index contributed by atoms with van der Waals surface area (Å²) in [6.07, 6.45) is 3.50. The van der Waals surface area contributed by atoms with E-state index in [4.69, 9.17) is 0 Å². The second kappa shape index (κ2) is 3.14. The second-order valence-electron chi connectivity index (χ2n) is 3.06. The minimum Gasteiger partial charge on any atom is -0.465 e. The van der Waals surface area contributed by atoms with E-state index in [9.17, 15) is 4.79 Å². The molecule has 0 atom stereocenters. The Labute approximate surface area is 81.1 Å². The molecule has 0 aliphatic heterocycles. The molecule has 0 spiro atoms. The van der Waals surface area contributed by atoms with Gasteiger partial charge >= 0.3 is 5.97 Å². The number of methoxy groups -OCH3 is 1. The fraction of sp³-hybridized carbons (Fsp3) is 0.200. The Morgan fingerprint density at radius 1 is 1.57 bits per heavy atom. The van der Waals surface area contributed by atoms with Crippen LogP contribution in [-0.4, -0.2) is 22.7 Å². The smallest absolute Gasteiger partial charge is 0.337 e. The number of carbonyl (C=O) groups is 1. The van der Waals surface area contributed by atoms with Gasteiger partial charge in [-0.15, -0.1) is 0 Å². The van der Waals surface area contributed by atoms with Gasteiger partial charge in [-0.2, -0.15) is 5.10 Å². The first-order valence-corrected chi connectivity index (χ1v) is 4.24. The molecule has 4 heteroatoms. The van der Waals surface area contributed by atoms with Crippen LogP contribution in [-0.2, 0) is 4.74 Å². The molecule has 4 nitrogen and oxygen atoms in total. The molecule has 0 aromatic carbocycles. The summed E-state index contributed by atoms with van der Waals surface area (Å²) in [4.78, 5) is 11.2. The van der Waals surface area contributed by atoms with E-state index in [1.165, 1.54) is 7.11 Å². The highest BCUT2D eigenvalue weighted by atomic mass is 16.5. The summed E-state index contributed by atoms with van der Waals surface area (Å²) in [6, 6.07) is 3.46. The molecule has 0 radical (unpaired) electrons. The van der Waals surface area contributed by atoms with Gasteiger partial charge in [-0.25, -0.2) is 9.31 Å². The van der Waals surface area contributed by atoms with Crippen LogP contribution in [0.1, 0.15) is 15.9 Å². The van der Waals surface area contributed by atoms with Gasteiger partial charge in [-0.3, -0.25) is 0 Å². The number of fused-ring (bicyclic) bond motifs is 1. The van der Waals surface area contributed by atoms with E-state index in [2.05, 4.69) is 9.84 Å². The third-order valence-corrected chi connectivity index (χ3v) is 2.14.